The Hall–Kier alpha value is -3.96. The number of ether oxygens (including phenoxy) is 1. The van der Waals surface area contributed by atoms with Crippen LogP contribution in [0, 0.1) is 10.1 Å². The summed E-state index contributed by atoms with van der Waals surface area (Å²) in [6, 6.07) is 9.56. The minimum atomic E-state index is -4.66. The first-order chi connectivity index (χ1) is 15.1. The van der Waals surface area contributed by atoms with Crippen LogP contribution in [0.4, 0.5) is 30.2 Å². The molecule has 9 nitrogen and oxygen atoms in total. The van der Waals surface area contributed by atoms with Crippen LogP contribution >= 0.6 is 0 Å². The molecule has 0 atom stereocenters. The molecule has 0 saturated heterocycles. The van der Waals surface area contributed by atoms with Crippen molar-refractivity contribution in [1.82, 2.24) is 0 Å². The van der Waals surface area contributed by atoms with E-state index in [0.717, 1.165) is 12.1 Å². The van der Waals surface area contributed by atoms with Gasteiger partial charge in [-0.3, -0.25) is 24.5 Å². The van der Waals surface area contributed by atoms with E-state index in [4.69, 9.17) is 4.74 Å². The molecule has 2 aromatic rings. The highest BCUT2D eigenvalue weighted by molar-refractivity contribution is 5.93. The molecule has 2 rings (SSSR count). The molecule has 0 heterocycles. The largest absolute Gasteiger partial charge is 0.456 e. The summed E-state index contributed by atoms with van der Waals surface area (Å²) >= 11 is 0. The number of nitrogens with zero attached hydrogens (tertiary/aromatic N) is 1. The van der Waals surface area contributed by atoms with Gasteiger partial charge in [-0.2, -0.15) is 13.2 Å². The normalized spacial score (nSPS) is 10.8. The number of halogens is 3. The van der Waals surface area contributed by atoms with Crippen LogP contribution in [0.5, 0.6) is 0 Å². The van der Waals surface area contributed by atoms with Crippen LogP contribution in [0.2, 0.25) is 0 Å². The van der Waals surface area contributed by atoms with Gasteiger partial charge < -0.3 is 15.4 Å². The number of carbonyl (C=O) groups is 3. The second kappa shape index (κ2) is 10.9. The quantitative estimate of drug-likeness (QED) is 0.337. The Labute approximate surface area is 179 Å². The molecule has 0 aliphatic carbocycles. The van der Waals surface area contributed by atoms with Gasteiger partial charge in [0.05, 0.1) is 16.2 Å². The van der Waals surface area contributed by atoms with E-state index >= 15 is 0 Å². The van der Waals surface area contributed by atoms with Crippen LogP contribution in [-0.2, 0) is 25.3 Å². The molecular formula is C20H18F3N3O6. The zero-order chi connectivity index (χ0) is 23.7. The van der Waals surface area contributed by atoms with E-state index in [-0.39, 0.29) is 24.9 Å². The molecule has 2 aromatic carbocycles. The van der Waals surface area contributed by atoms with E-state index in [1.54, 1.807) is 0 Å². The van der Waals surface area contributed by atoms with Crippen molar-refractivity contribution in [1.29, 1.82) is 0 Å². The van der Waals surface area contributed by atoms with Crippen molar-refractivity contribution in [3.8, 4) is 0 Å². The zero-order valence-electron chi connectivity index (χ0n) is 16.5. The van der Waals surface area contributed by atoms with Gasteiger partial charge in [0.1, 0.15) is 0 Å². The third kappa shape index (κ3) is 7.70. The predicted molar refractivity (Wildman–Crippen MR) is 107 cm³/mol. The lowest BCUT2D eigenvalue weighted by atomic mass is 10.1. The van der Waals surface area contributed by atoms with Gasteiger partial charge in [-0.05, 0) is 30.7 Å². The highest BCUT2D eigenvalue weighted by atomic mass is 19.4. The van der Waals surface area contributed by atoms with Crippen LogP contribution < -0.4 is 10.6 Å². The lowest BCUT2D eigenvalue weighted by Gasteiger charge is -2.13. The minimum absolute atomic E-state index is 0.0583. The van der Waals surface area contributed by atoms with Gasteiger partial charge in [-0.15, -0.1) is 0 Å². The molecule has 0 aromatic heterocycles. The molecule has 0 saturated carbocycles. The summed E-state index contributed by atoms with van der Waals surface area (Å²) in [7, 11) is 0. The van der Waals surface area contributed by atoms with Crippen LogP contribution in [-0.4, -0.2) is 29.3 Å². The smallest absolute Gasteiger partial charge is 0.418 e. The minimum Gasteiger partial charge on any atom is -0.456 e. The number of hydrogen-bond donors (Lipinski definition) is 2. The molecule has 0 aliphatic rings. The van der Waals surface area contributed by atoms with Gasteiger partial charge >= 0.3 is 12.1 Å². The number of hydrogen-bond acceptors (Lipinski definition) is 6. The van der Waals surface area contributed by atoms with E-state index in [2.05, 4.69) is 5.32 Å². The van der Waals surface area contributed by atoms with Gasteiger partial charge in [0.15, 0.2) is 6.61 Å². The standard InChI is InChI=1S/C20H18F3N3O6/c21-20(22,23)15-4-1-2-5-16(15)25-18(28)12-32-19(29)7-3-6-17(27)24-13-8-10-14(11-9-13)26(30)31/h1-2,4-5,8-11H,3,6-7,12H2,(H,24,27)(H,25,28). The highest BCUT2D eigenvalue weighted by Gasteiger charge is 2.33. The van der Waals surface area contributed by atoms with E-state index in [1.807, 2.05) is 5.32 Å². The SMILES string of the molecule is O=C(CCCC(=O)OCC(=O)Nc1ccccc1C(F)(F)F)Nc1ccc([N+](=O)[O-])cc1. The summed E-state index contributed by atoms with van der Waals surface area (Å²) in [6.07, 6.45) is -4.82. The van der Waals surface area contributed by atoms with Gasteiger partial charge in [-0.25, -0.2) is 0 Å². The monoisotopic (exact) mass is 453 g/mol. The maximum Gasteiger partial charge on any atom is 0.418 e. The fourth-order valence-corrected chi connectivity index (χ4v) is 2.53. The fourth-order valence-electron chi connectivity index (χ4n) is 2.53. The fraction of sp³-hybridized carbons (Fsp3) is 0.250. The number of anilines is 2. The summed E-state index contributed by atoms with van der Waals surface area (Å²) in [6.45, 7) is -0.778. The van der Waals surface area contributed by atoms with Crippen LogP contribution in [0.25, 0.3) is 0 Å². The first kappa shape index (κ1) is 24.3. The Morgan fingerprint density at radius 3 is 2.22 bits per heavy atom. The molecule has 170 valence electrons. The first-order valence-corrected chi connectivity index (χ1v) is 9.22. The number of rotatable bonds is 9. The van der Waals surface area contributed by atoms with Gasteiger partial charge in [0.25, 0.3) is 11.6 Å². The number of alkyl halides is 3. The molecule has 0 spiro atoms. The maximum absolute atomic E-state index is 12.9. The highest BCUT2D eigenvalue weighted by Crippen LogP contribution is 2.34. The number of esters is 1. The lowest BCUT2D eigenvalue weighted by Crippen LogP contribution is -2.22. The summed E-state index contributed by atoms with van der Waals surface area (Å²) < 4.78 is 43.4. The summed E-state index contributed by atoms with van der Waals surface area (Å²) in [5.41, 5.74) is -1.27. The van der Waals surface area contributed by atoms with Crippen LogP contribution in [0.1, 0.15) is 24.8 Å². The molecule has 0 unspecified atom stereocenters. The molecule has 0 fully saturated rings. The van der Waals surface area contributed by atoms with Crippen molar-refractivity contribution in [2.45, 2.75) is 25.4 Å². The molecule has 2 amide bonds. The number of nitro groups is 1. The van der Waals surface area contributed by atoms with Gasteiger partial charge in [0.2, 0.25) is 5.91 Å². The third-order valence-corrected chi connectivity index (χ3v) is 4.02. The van der Waals surface area contributed by atoms with Crippen molar-refractivity contribution in [2.24, 2.45) is 0 Å². The molecule has 0 radical (unpaired) electrons. The van der Waals surface area contributed by atoms with Crippen molar-refractivity contribution in [3.63, 3.8) is 0 Å². The summed E-state index contributed by atoms with van der Waals surface area (Å²) in [4.78, 5) is 45.3. The molecule has 0 bridgehead atoms. The first-order valence-electron chi connectivity index (χ1n) is 9.22. The number of para-hydroxylation sites is 1. The van der Waals surface area contributed by atoms with Crippen molar-refractivity contribution in [2.75, 3.05) is 17.2 Å². The maximum atomic E-state index is 12.9. The number of non-ortho nitro benzene ring substituents is 1. The number of nitro benzene ring substituents is 1. The molecule has 0 aliphatic heterocycles. The lowest BCUT2D eigenvalue weighted by molar-refractivity contribution is -0.384. The van der Waals surface area contributed by atoms with E-state index < -0.39 is 46.7 Å². The molecular weight excluding hydrogens is 435 g/mol. The molecule has 12 heteroatoms. The Morgan fingerprint density at radius 1 is 0.938 bits per heavy atom. The Morgan fingerprint density at radius 2 is 1.59 bits per heavy atom. The average Bonchev–Trinajstić information content (AvgIpc) is 2.72. The van der Waals surface area contributed by atoms with Gasteiger partial charge in [0, 0.05) is 30.7 Å². The number of nitrogens with one attached hydrogen (secondary N) is 2. The van der Waals surface area contributed by atoms with Crippen molar-refractivity contribution in [3.05, 3.63) is 64.2 Å². The second-order valence-corrected chi connectivity index (χ2v) is 6.46. The summed E-state index contributed by atoms with van der Waals surface area (Å²) in [5.74, 6) is -2.17. The van der Waals surface area contributed by atoms with E-state index in [1.165, 1.54) is 36.4 Å². The van der Waals surface area contributed by atoms with Crippen LogP contribution in [0.3, 0.4) is 0 Å². The van der Waals surface area contributed by atoms with Crippen molar-refractivity contribution >= 4 is 34.8 Å². The molecule has 32 heavy (non-hydrogen) atoms. The Balaban J connectivity index is 1.70. The Bertz CT molecular complexity index is 993. The van der Waals surface area contributed by atoms with Gasteiger partial charge in [-0.1, -0.05) is 12.1 Å². The Kier molecular flexibility index (Phi) is 8.27. The second-order valence-electron chi connectivity index (χ2n) is 6.46. The zero-order valence-corrected chi connectivity index (χ0v) is 16.5. The number of benzene rings is 2. The summed E-state index contributed by atoms with van der Waals surface area (Å²) in [5, 5.41) is 15.1. The topological polar surface area (TPSA) is 128 Å². The number of amides is 2. The number of carbonyl (C=O) groups excluding carboxylic acids is 3. The van der Waals surface area contributed by atoms with Crippen LogP contribution in [0.15, 0.2) is 48.5 Å². The van der Waals surface area contributed by atoms with E-state index in [9.17, 15) is 37.7 Å². The third-order valence-electron chi connectivity index (χ3n) is 4.02. The average molecular weight is 453 g/mol. The molecule has 2 N–H and O–H groups in total. The van der Waals surface area contributed by atoms with E-state index in [0.29, 0.717) is 5.69 Å². The van der Waals surface area contributed by atoms with Crippen molar-refractivity contribution < 1.29 is 37.2 Å². The predicted octanol–water partition coefficient (Wildman–Crippen LogP) is 3.90.